The van der Waals surface area contributed by atoms with Crippen LogP contribution in [0.4, 0.5) is 22.0 Å². The number of rotatable bonds is 14. The van der Waals surface area contributed by atoms with E-state index in [-0.39, 0.29) is 17.3 Å². The molecule has 2 aromatic rings. The zero-order valence-corrected chi connectivity index (χ0v) is 23.3. The third kappa shape index (κ3) is 10.7. The molecule has 1 N–H and O–H groups in total. The molecule has 9 heteroatoms. The average Bonchev–Trinajstić information content (AvgIpc) is 3.02. The molecule has 0 saturated carbocycles. The molecule has 1 aliphatic rings. The third-order valence-electron chi connectivity index (χ3n) is 7.10. The zero-order valence-electron chi connectivity index (χ0n) is 22.5. The second-order valence-electron chi connectivity index (χ2n) is 10.3. The van der Waals surface area contributed by atoms with Crippen LogP contribution in [0.15, 0.2) is 36.4 Å². The van der Waals surface area contributed by atoms with Crippen molar-refractivity contribution in [2.75, 3.05) is 31.6 Å². The SMILES string of the molecule is CN(CCCCCCC1=C(c2cc(F)cc(F)c2)CCCc2cc(O)ccc21)CCC[S@](=O)CCC(F)(F)F. The number of nitrogens with zero attached hydrogens (tertiary/aromatic N) is 1. The number of fused-ring (bicyclic) bond motifs is 1. The largest absolute Gasteiger partial charge is 0.508 e. The highest BCUT2D eigenvalue weighted by Crippen LogP contribution is 2.40. The Morgan fingerprint density at radius 2 is 1.59 bits per heavy atom. The Morgan fingerprint density at radius 3 is 2.31 bits per heavy atom. The van der Waals surface area contributed by atoms with E-state index >= 15 is 0 Å². The summed E-state index contributed by atoms with van der Waals surface area (Å²) in [5, 5.41) is 10.00. The minimum Gasteiger partial charge on any atom is -0.508 e. The van der Waals surface area contributed by atoms with Gasteiger partial charge in [-0.25, -0.2) is 8.78 Å². The van der Waals surface area contributed by atoms with Gasteiger partial charge in [-0.05, 0) is 117 Å². The topological polar surface area (TPSA) is 40.5 Å². The molecule has 2 aromatic carbocycles. The van der Waals surface area contributed by atoms with Gasteiger partial charge in [-0.15, -0.1) is 0 Å². The van der Waals surface area contributed by atoms with Crippen molar-refractivity contribution in [1.29, 1.82) is 0 Å². The molecule has 0 unspecified atom stereocenters. The second kappa shape index (κ2) is 14.9. The predicted octanol–water partition coefficient (Wildman–Crippen LogP) is 7.89. The highest BCUT2D eigenvalue weighted by Gasteiger charge is 2.27. The Morgan fingerprint density at radius 1 is 0.897 bits per heavy atom. The molecule has 0 bridgehead atoms. The van der Waals surface area contributed by atoms with E-state index in [2.05, 4.69) is 4.90 Å². The minimum absolute atomic E-state index is 0.213. The average molecular weight is 572 g/mol. The number of hydrogen-bond acceptors (Lipinski definition) is 3. The molecule has 0 saturated heterocycles. The van der Waals surface area contributed by atoms with Crippen LogP contribution in [-0.2, 0) is 17.2 Å². The quantitative estimate of drug-likeness (QED) is 0.185. The fraction of sp³-hybridized carbons (Fsp3) is 0.533. The van der Waals surface area contributed by atoms with Gasteiger partial charge in [0.25, 0.3) is 0 Å². The van der Waals surface area contributed by atoms with Crippen LogP contribution in [0.25, 0.3) is 11.1 Å². The summed E-state index contributed by atoms with van der Waals surface area (Å²) in [7, 11) is 0.524. The van der Waals surface area contributed by atoms with Crippen LogP contribution in [0.5, 0.6) is 5.75 Å². The first-order valence-electron chi connectivity index (χ1n) is 13.6. The third-order valence-corrected chi connectivity index (χ3v) is 8.51. The van der Waals surface area contributed by atoms with E-state index in [1.807, 2.05) is 13.1 Å². The summed E-state index contributed by atoms with van der Waals surface area (Å²) in [6.07, 6.45) is 2.31. The predicted molar refractivity (Wildman–Crippen MR) is 148 cm³/mol. The van der Waals surface area contributed by atoms with Gasteiger partial charge in [0.15, 0.2) is 0 Å². The number of phenolic OH excluding ortho intramolecular Hbond substituents is 1. The molecule has 0 fully saturated rings. The molecular formula is C30H38F5NO2S. The molecule has 1 atom stereocenters. The van der Waals surface area contributed by atoms with Crippen LogP contribution >= 0.6 is 0 Å². The van der Waals surface area contributed by atoms with E-state index in [9.17, 15) is 31.3 Å². The lowest BCUT2D eigenvalue weighted by Gasteiger charge is -2.18. The van der Waals surface area contributed by atoms with E-state index in [1.165, 1.54) is 12.1 Å². The van der Waals surface area contributed by atoms with Crippen molar-refractivity contribution >= 4 is 21.9 Å². The van der Waals surface area contributed by atoms with Crippen molar-refractivity contribution in [1.82, 2.24) is 4.90 Å². The highest BCUT2D eigenvalue weighted by molar-refractivity contribution is 7.84. The normalized spacial score (nSPS) is 14.9. The highest BCUT2D eigenvalue weighted by atomic mass is 32.2. The maximum Gasteiger partial charge on any atom is 0.390 e. The number of halogens is 5. The van der Waals surface area contributed by atoms with Gasteiger partial charge in [0.1, 0.15) is 17.4 Å². The number of benzene rings is 2. The van der Waals surface area contributed by atoms with Gasteiger partial charge in [-0.3, -0.25) is 4.21 Å². The van der Waals surface area contributed by atoms with Crippen molar-refractivity contribution < 1.29 is 31.3 Å². The standard InChI is InChI=1S/C30H38F5NO2S/c1-36(15-7-16-39(38)17-13-30(33,34)35)14-5-3-2-4-9-29-27(23-18-24(31)21-25(32)19-23)10-6-8-22-20-26(37)11-12-28(22)29/h11-12,18-21,37H,2-10,13-17H2,1H3/t39-/m0/s1. The number of alkyl halides is 3. The maximum absolute atomic E-state index is 14.1. The number of aryl methyl sites for hydroxylation is 1. The van der Waals surface area contributed by atoms with E-state index < -0.39 is 35.0 Å². The van der Waals surface area contributed by atoms with Gasteiger partial charge in [-0.1, -0.05) is 18.9 Å². The molecule has 216 valence electrons. The molecule has 0 aromatic heterocycles. The first-order valence-corrected chi connectivity index (χ1v) is 15.1. The van der Waals surface area contributed by atoms with Gasteiger partial charge in [0, 0.05) is 28.4 Å². The van der Waals surface area contributed by atoms with Gasteiger partial charge in [-0.2, -0.15) is 13.2 Å². The van der Waals surface area contributed by atoms with Crippen molar-refractivity contribution in [2.24, 2.45) is 0 Å². The summed E-state index contributed by atoms with van der Waals surface area (Å²) in [4.78, 5) is 2.12. The Balaban J connectivity index is 1.51. The van der Waals surface area contributed by atoms with Gasteiger partial charge in [0.05, 0.1) is 6.42 Å². The lowest BCUT2D eigenvalue weighted by molar-refractivity contribution is -0.129. The van der Waals surface area contributed by atoms with E-state index in [0.717, 1.165) is 79.8 Å². The monoisotopic (exact) mass is 571 g/mol. The number of phenols is 1. The van der Waals surface area contributed by atoms with Gasteiger partial charge >= 0.3 is 6.18 Å². The van der Waals surface area contributed by atoms with Gasteiger partial charge < -0.3 is 10.0 Å². The van der Waals surface area contributed by atoms with Crippen LogP contribution in [0.1, 0.15) is 74.5 Å². The molecule has 39 heavy (non-hydrogen) atoms. The van der Waals surface area contributed by atoms with Gasteiger partial charge in [0.2, 0.25) is 0 Å². The summed E-state index contributed by atoms with van der Waals surface area (Å²) in [6.45, 7) is 1.55. The Kier molecular flexibility index (Phi) is 12.0. The van der Waals surface area contributed by atoms with E-state index in [0.29, 0.717) is 24.9 Å². The van der Waals surface area contributed by atoms with Crippen LogP contribution in [0.2, 0.25) is 0 Å². The second-order valence-corrected chi connectivity index (χ2v) is 12.0. The Bertz CT molecular complexity index is 1130. The van der Waals surface area contributed by atoms with Crippen LogP contribution in [0.3, 0.4) is 0 Å². The molecule has 0 radical (unpaired) electrons. The van der Waals surface area contributed by atoms with Crippen LogP contribution < -0.4 is 0 Å². The smallest absolute Gasteiger partial charge is 0.390 e. The van der Waals surface area contributed by atoms with Crippen LogP contribution in [-0.4, -0.2) is 52.0 Å². The summed E-state index contributed by atoms with van der Waals surface area (Å²) < 4.78 is 76.6. The number of aromatic hydroxyl groups is 1. The number of hydrogen-bond donors (Lipinski definition) is 1. The fourth-order valence-electron chi connectivity index (χ4n) is 5.16. The molecule has 0 heterocycles. The van der Waals surface area contributed by atoms with E-state index in [4.69, 9.17) is 0 Å². The van der Waals surface area contributed by atoms with Crippen molar-refractivity contribution in [3.63, 3.8) is 0 Å². The molecule has 3 rings (SSSR count). The molecule has 3 nitrogen and oxygen atoms in total. The van der Waals surface area contributed by atoms with E-state index in [1.54, 1.807) is 12.1 Å². The Hall–Kier alpha value is -2.26. The van der Waals surface area contributed by atoms with Crippen LogP contribution in [0, 0.1) is 11.6 Å². The maximum atomic E-state index is 14.1. The number of unbranched alkanes of at least 4 members (excludes halogenated alkanes) is 3. The summed E-state index contributed by atoms with van der Waals surface area (Å²) in [5.74, 6) is -1.02. The molecule has 1 aliphatic carbocycles. The number of allylic oxidation sites excluding steroid dienone is 2. The summed E-state index contributed by atoms with van der Waals surface area (Å²) >= 11 is 0. The zero-order chi connectivity index (χ0) is 28.4. The first kappa shape index (κ1) is 31.3. The van der Waals surface area contributed by atoms with Crippen molar-refractivity contribution in [3.05, 3.63) is 64.7 Å². The first-order chi connectivity index (χ1) is 18.5. The molecule has 0 aliphatic heterocycles. The molecular weight excluding hydrogens is 533 g/mol. The van der Waals surface area contributed by atoms with Crippen molar-refractivity contribution in [2.45, 2.75) is 70.4 Å². The molecule has 0 spiro atoms. The minimum atomic E-state index is -4.26. The lowest BCUT2D eigenvalue weighted by atomic mass is 9.89. The van der Waals surface area contributed by atoms with Crippen molar-refractivity contribution in [3.8, 4) is 5.75 Å². The lowest BCUT2D eigenvalue weighted by Crippen LogP contribution is -2.23. The summed E-state index contributed by atoms with van der Waals surface area (Å²) in [6, 6.07) is 9.03. The fourth-order valence-corrected chi connectivity index (χ4v) is 6.27. The molecule has 0 amide bonds. The summed E-state index contributed by atoms with van der Waals surface area (Å²) in [5.41, 5.74) is 4.72. The Labute approximate surface area is 230 Å².